The van der Waals surface area contributed by atoms with Crippen molar-refractivity contribution in [3.05, 3.63) is 23.8 Å². The van der Waals surface area contributed by atoms with E-state index in [2.05, 4.69) is 6.92 Å². The zero-order chi connectivity index (χ0) is 11.3. The molecule has 1 N–H and O–H groups in total. The predicted molar refractivity (Wildman–Crippen MR) is 60.7 cm³/mol. The summed E-state index contributed by atoms with van der Waals surface area (Å²) in [6.45, 7) is 2.06. The van der Waals surface area contributed by atoms with Crippen LogP contribution in [0.2, 0.25) is 0 Å². The third kappa shape index (κ3) is 3.83. The average molecular weight is 226 g/mol. The monoisotopic (exact) mass is 226 g/mol. The SMILES string of the molecule is CCSc1cc(CC(=O)O)cc(OC)c1. The van der Waals surface area contributed by atoms with Gasteiger partial charge in [0.1, 0.15) is 5.75 Å². The maximum Gasteiger partial charge on any atom is 0.307 e. The molecule has 0 saturated heterocycles. The third-order valence-corrected chi connectivity index (χ3v) is 2.70. The first-order valence-electron chi connectivity index (χ1n) is 4.68. The van der Waals surface area contributed by atoms with Gasteiger partial charge in [-0.15, -0.1) is 11.8 Å². The summed E-state index contributed by atoms with van der Waals surface area (Å²) in [5, 5.41) is 8.70. The second-order valence-corrected chi connectivity index (χ2v) is 4.36. The summed E-state index contributed by atoms with van der Waals surface area (Å²) in [7, 11) is 1.58. The molecule has 82 valence electrons. The average Bonchev–Trinajstić information content (AvgIpc) is 2.16. The van der Waals surface area contributed by atoms with Crippen LogP contribution in [0.1, 0.15) is 12.5 Å². The molecule has 0 aliphatic rings. The van der Waals surface area contributed by atoms with Crippen molar-refractivity contribution in [3.8, 4) is 5.75 Å². The van der Waals surface area contributed by atoms with Crippen molar-refractivity contribution in [2.24, 2.45) is 0 Å². The first-order chi connectivity index (χ1) is 7.15. The summed E-state index contributed by atoms with van der Waals surface area (Å²) in [6.07, 6.45) is 0.0362. The molecular weight excluding hydrogens is 212 g/mol. The van der Waals surface area contributed by atoms with Crippen LogP contribution in [-0.4, -0.2) is 23.9 Å². The Kier molecular flexibility index (Phi) is 4.49. The minimum atomic E-state index is -0.823. The number of carbonyl (C=O) groups is 1. The van der Waals surface area contributed by atoms with E-state index < -0.39 is 5.97 Å². The molecule has 0 aliphatic carbocycles. The van der Waals surface area contributed by atoms with Crippen LogP contribution in [0.25, 0.3) is 0 Å². The Labute approximate surface area is 93.4 Å². The standard InChI is InChI=1S/C11H14O3S/c1-3-15-10-5-8(6-11(12)13)4-9(7-10)14-2/h4-5,7H,3,6H2,1-2H3,(H,12,13). The summed E-state index contributed by atoms with van der Waals surface area (Å²) >= 11 is 1.67. The molecule has 0 amide bonds. The van der Waals surface area contributed by atoms with E-state index in [1.807, 2.05) is 12.1 Å². The maximum atomic E-state index is 10.6. The molecule has 1 aromatic carbocycles. The van der Waals surface area contributed by atoms with E-state index in [1.54, 1.807) is 24.9 Å². The van der Waals surface area contributed by atoms with E-state index in [0.29, 0.717) is 5.75 Å². The first-order valence-corrected chi connectivity index (χ1v) is 5.66. The Hall–Kier alpha value is -1.16. The molecule has 1 aromatic rings. The lowest BCUT2D eigenvalue weighted by atomic mass is 10.1. The van der Waals surface area contributed by atoms with Crippen LogP contribution >= 0.6 is 11.8 Å². The summed E-state index contributed by atoms with van der Waals surface area (Å²) in [4.78, 5) is 11.6. The largest absolute Gasteiger partial charge is 0.497 e. The van der Waals surface area contributed by atoms with Gasteiger partial charge in [-0.2, -0.15) is 0 Å². The van der Waals surface area contributed by atoms with Crippen molar-refractivity contribution in [2.75, 3.05) is 12.9 Å². The van der Waals surface area contributed by atoms with Gasteiger partial charge < -0.3 is 9.84 Å². The van der Waals surface area contributed by atoms with E-state index in [9.17, 15) is 4.79 Å². The molecule has 0 unspecified atom stereocenters. The Bertz CT molecular complexity index is 350. The molecule has 4 heteroatoms. The van der Waals surface area contributed by atoms with Gasteiger partial charge in [0.05, 0.1) is 13.5 Å². The lowest BCUT2D eigenvalue weighted by molar-refractivity contribution is -0.136. The first kappa shape index (κ1) is 11.9. The van der Waals surface area contributed by atoms with E-state index in [0.717, 1.165) is 16.2 Å². The lowest BCUT2D eigenvalue weighted by Crippen LogP contribution is -2.00. The fourth-order valence-corrected chi connectivity index (χ4v) is 2.04. The van der Waals surface area contributed by atoms with Gasteiger partial charge >= 0.3 is 5.97 Å². The van der Waals surface area contributed by atoms with Crippen molar-refractivity contribution in [3.63, 3.8) is 0 Å². The number of hydrogen-bond donors (Lipinski definition) is 1. The Morgan fingerprint density at radius 1 is 1.47 bits per heavy atom. The number of ether oxygens (including phenoxy) is 1. The fraction of sp³-hybridized carbons (Fsp3) is 0.364. The Morgan fingerprint density at radius 2 is 2.20 bits per heavy atom. The molecule has 0 aromatic heterocycles. The third-order valence-electron chi connectivity index (χ3n) is 1.84. The molecule has 1 rings (SSSR count). The summed E-state index contributed by atoms with van der Waals surface area (Å²) in [5.41, 5.74) is 0.776. The molecule has 0 fully saturated rings. The van der Waals surface area contributed by atoms with Gasteiger partial charge in [0.25, 0.3) is 0 Å². The number of methoxy groups -OCH3 is 1. The molecule has 0 bridgehead atoms. The van der Waals surface area contributed by atoms with E-state index in [-0.39, 0.29) is 6.42 Å². The number of carboxylic acid groups (broad SMARTS) is 1. The normalized spacial score (nSPS) is 10.0. The van der Waals surface area contributed by atoms with Crippen LogP contribution < -0.4 is 4.74 Å². The Balaban J connectivity index is 2.94. The predicted octanol–water partition coefficient (Wildman–Crippen LogP) is 2.43. The summed E-state index contributed by atoms with van der Waals surface area (Å²) < 4.78 is 5.12. The van der Waals surface area contributed by atoms with Crippen LogP contribution in [0.15, 0.2) is 23.1 Å². The highest BCUT2D eigenvalue weighted by Crippen LogP contribution is 2.25. The van der Waals surface area contributed by atoms with Gasteiger partial charge in [-0.1, -0.05) is 6.92 Å². The number of thioether (sulfide) groups is 1. The molecule has 0 atom stereocenters. The lowest BCUT2D eigenvalue weighted by Gasteiger charge is -2.06. The van der Waals surface area contributed by atoms with Crippen molar-refractivity contribution in [2.45, 2.75) is 18.2 Å². The van der Waals surface area contributed by atoms with Crippen LogP contribution in [0.3, 0.4) is 0 Å². The quantitative estimate of drug-likeness (QED) is 0.783. The molecule has 3 nitrogen and oxygen atoms in total. The van der Waals surface area contributed by atoms with Crippen LogP contribution in [-0.2, 0) is 11.2 Å². The maximum absolute atomic E-state index is 10.6. The second kappa shape index (κ2) is 5.66. The molecule has 0 aliphatic heterocycles. The van der Waals surface area contributed by atoms with E-state index in [1.165, 1.54) is 0 Å². The zero-order valence-electron chi connectivity index (χ0n) is 8.82. The highest BCUT2D eigenvalue weighted by molar-refractivity contribution is 7.99. The minimum absolute atomic E-state index is 0.0362. The van der Waals surface area contributed by atoms with Gasteiger partial charge in [0.2, 0.25) is 0 Å². The molecule has 0 radical (unpaired) electrons. The van der Waals surface area contributed by atoms with Crippen molar-refractivity contribution in [1.29, 1.82) is 0 Å². The molecule has 0 heterocycles. The minimum Gasteiger partial charge on any atom is -0.497 e. The van der Waals surface area contributed by atoms with Gasteiger partial charge in [0, 0.05) is 4.90 Å². The number of hydrogen-bond acceptors (Lipinski definition) is 3. The molecule has 15 heavy (non-hydrogen) atoms. The molecular formula is C11H14O3S. The fourth-order valence-electron chi connectivity index (χ4n) is 1.28. The molecule has 0 spiro atoms. The smallest absolute Gasteiger partial charge is 0.307 e. The number of benzene rings is 1. The Morgan fingerprint density at radius 3 is 2.73 bits per heavy atom. The summed E-state index contributed by atoms with van der Waals surface area (Å²) in [6, 6.07) is 5.57. The number of rotatable bonds is 5. The number of carboxylic acids is 1. The van der Waals surface area contributed by atoms with Crippen LogP contribution in [0.5, 0.6) is 5.75 Å². The topological polar surface area (TPSA) is 46.5 Å². The van der Waals surface area contributed by atoms with Gasteiger partial charge in [-0.3, -0.25) is 4.79 Å². The zero-order valence-corrected chi connectivity index (χ0v) is 9.63. The number of aliphatic carboxylic acids is 1. The van der Waals surface area contributed by atoms with Crippen molar-refractivity contribution >= 4 is 17.7 Å². The summed E-state index contributed by atoms with van der Waals surface area (Å²) in [5.74, 6) is 0.847. The van der Waals surface area contributed by atoms with Crippen molar-refractivity contribution in [1.82, 2.24) is 0 Å². The van der Waals surface area contributed by atoms with Gasteiger partial charge in [-0.05, 0) is 29.5 Å². The van der Waals surface area contributed by atoms with Crippen molar-refractivity contribution < 1.29 is 14.6 Å². The highest BCUT2D eigenvalue weighted by atomic mass is 32.2. The van der Waals surface area contributed by atoms with Gasteiger partial charge in [0.15, 0.2) is 0 Å². The van der Waals surface area contributed by atoms with Crippen LogP contribution in [0, 0.1) is 0 Å². The molecule has 0 saturated carbocycles. The highest BCUT2D eigenvalue weighted by Gasteiger charge is 2.05. The van der Waals surface area contributed by atoms with E-state index >= 15 is 0 Å². The van der Waals surface area contributed by atoms with E-state index in [4.69, 9.17) is 9.84 Å². The van der Waals surface area contributed by atoms with Crippen LogP contribution in [0.4, 0.5) is 0 Å². The van der Waals surface area contributed by atoms with Gasteiger partial charge in [-0.25, -0.2) is 0 Å². The second-order valence-electron chi connectivity index (χ2n) is 3.02.